The highest BCUT2D eigenvalue weighted by atomic mass is 19.1. The maximum absolute atomic E-state index is 14.2. The first kappa shape index (κ1) is 15.7. The Kier molecular flexibility index (Phi) is 4.70. The van der Waals surface area contributed by atoms with Crippen LogP contribution >= 0.6 is 0 Å². The molecular weight excluding hydrogens is 291 g/mol. The van der Waals surface area contributed by atoms with E-state index in [1.165, 1.54) is 12.5 Å². The van der Waals surface area contributed by atoms with Crippen molar-refractivity contribution in [3.8, 4) is 11.3 Å². The summed E-state index contributed by atoms with van der Waals surface area (Å²) in [4.78, 5) is 16.6. The van der Waals surface area contributed by atoms with Gasteiger partial charge in [-0.3, -0.25) is 4.79 Å². The van der Waals surface area contributed by atoms with E-state index in [-0.39, 0.29) is 17.5 Å². The molecule has 23 heavy (non-hydrogen) atoms. The number of rotatable bonds is 4. The first-order valence-electron chi connectivity index (χ1n) is 8.14. The summed E-state index contributed by atoms with van der Waals surface area (Å²) in [6, 6.07) is 4.91. The minimum atomic E-state index is -0.333. The second-order valence-corrected chi connectivity index (χ2v) is 6.20. The van der Waals surface area contributed by atoms with Crippen molar-refractivity contribution in [3.63, 3.8) is 0 Å². The topological polar surface area (TPSA) is 34.9 Å². The van der Waals surface area contributed by atoms with E-state index in [1.807, 2.05) is 23.9 Å². The monoisotopic (exact) mass is 312 g/mol. The van der Waals surface area contributed by atoms with E-state index in [0.717, 1.165) is 25.7 Å². The van der Waals surface area contributed by atoms with E-state index < -0.39 is 0 Å². The summed E-state index contributed by atoms with van der Waals surface area (Å²) in [6.45, 7) is 0. The molecule has 1 saturated carbocycles. The van der Waals surface area contributed by atoms with Gasteiger partial charge in [0.15, 0.2) is 5.78 Å². The van der Waals surface area contributed by atoms with Gasteiger partial charge in [-0.15, -0.1) is 0 Å². The van der Waals surface area contributed by atoms with Gasteiger partial charge >= 0.3 is 0 Å². The van der Waals surface area contributed by atoms with Crippen molar-refractivity contribution in [1.82, 2.24) is 9.55 Å². The Morgan fingerprint density at radius 2 is 2.09 bits per heavy atom. The number of allylic oxidation sites excluding steroid dienone is 1. The molecule has 4 heteroatoms. The number of hydrogen-bond acceptors (Lipinski definition) is 2. The van der Waals surface area contributed by atoms with Gasteiger partial charge in [0.1, 0.15) is 5.82 Å². The summed E-state index contributed by atoms with van der Waals surface area (Å²) >= 11 is 0. The highest BCUT2D eigenvalue weighted by molar-refractivity contribution is 5.96. The number of nitrogens with zero attached hydrogens (tertiary/aromatic N) is 2. The summed E-state index contributed by atoms with van der Waals surface area (Å²) in [6.07, 6.45) is 12.0. The predicted molar refractivity (Wildman–Crippen MR) is 89.2 cm³/mol. The summed E-state index contributed by atoms with van der Waals surface area (Å²) in [5, 5.41) is 0. The molecule has 1 fully saturated rings. The van der Waals surface area contributed by atoms with Crippen molar-refractivity contribution in [2.45, 2.75) is 32.1 Å². The second kappa shape index (κ2) is 6.90. The maximum Gasteiger partial charge on any atom is 0.158 e. The molecule has 1 heterocycles. The number of carbonyl (C=O) groups excluding carboxylic acids is 1. The van der Waals surface area contributed by atoms with Crippen LogP contribution in [0.15, 0.2) is 36.8 Å². The fraction of sp³-hybridized carbons (Fsp3) is 0.368. The zero-order valence-electron chi connectivity index (χ0n) is 13.3. The van der Waals surface area contributed by atoms with E-state index in [9.17, 15) is 9.18 Å². The van der Waals surface area contributed by atoms with Gasteiger partial charge in [-0.1, -0.05) is 31.4 Å². The molecule has 120 valence electrons. The van der Waals surface area contributed by atoms with E-state index in [1.54, 1.807) is 24.5 Å². The SMILES string of the molecule is Cn1cnc(-c2cccc(F)c2/C=C/C(=O)C2CCCCC2)c1. The van der Waals surface area contributed by atoms with Crippen LogP contribution in [0, 0.1) is 11.7 Å². The Hall–Kier alpha value is -2.23. The fourth-order valence-corrected chi connectivity index (χ4v) is 3.17. The minimum absolute atomic E-state index is 0.102. The van der Waals surface area contributed by atoms with Crippen LogP contribution in [0.3, 0.4) is 0 Å². The zero-order chi connectivity index (χ0) is 16.2. The Bertz CT molecular complexity index is 727. The number of halogens is 1. The number of hydrogen-bond donors (Lipinski definition) is 0. The smallest absolute Gasteiger partial charge is 0.158 e. The molecule has 1 aromatic carbocycles. The highest BCUT2D eigenvalue weighted by Gasteiger charge is 2.19. The van der Waals surface area contributed by atoms with E-state index >= 15 is 0 Å². The molecule has 0 spiro atoms. The van der Waals surface area contributed by atoms with Gasteiger partial charge in [-0.2, -0.15) is 0 Å². The zero-order valence-corrected chi connectivity index (χ0v) is 13.3. The third kappa shape index (κ3) is 3.58. The molecule has 0 N–H and O–H groups in total. The quantitative estimate of drug-likeness (QED) is 0.785. The summed E-state index contributed by atoms with van der Waals surface area (Å²) < 4.78 is 16.1. The number of imidazole rings is 1. The standard InChI is InChI=1S/C19H21FN2O/c1-22-12-18(21-13-22)16-8-5-9-17(20)15(16)10-11-19(23)14-6-3-2-4-7-14/h5,8-14H,2-4,6-7H2,1H3/b11-10+. The van der Waals surface area contributed by atoms with Gasteiger partial charge in [0.2, 0.25) is 0 Å². The molecule has 1 aliphatic rings. The molecule has 0 radical (unpaired) electrons. The maximum atomic E-state index is 14.2. The Morgan fingerprint density at radius 1 is 1.30 bits per heavy atom. The molecule has 0 bridgehead atoms. The second-order valence-electron chi connectivity index (χ2n) is 6.20. The highest BCUT2D eigenvalue weighted by Crippen LogP contribution is 2.27. The lowest BCUT2D eigenvalue weighted by Crippen LogP contribution is -2.15. The third-order valence-corrected chi connectivity index (χ3v) is 4.46. The van der Waals surface area contributed by atoms with Gasteiger partial charge in [0.05, 0.1) is 12.0 Å². The van der Waals surface area contributed by atoms with Gasteiger partial charge in [0.25, 0.3) is 0 Å². The van der Waals surface area contributed by atoms with Gasteiger partial charge in [-0.05, 0) is 31.1 Å². The molecule has 2 aromatic rings. The molecule has 1 aliphatic carbocycles. The number of aromatic nitrogens is 2. The number of aryl methyl sites for hydroxylation is 1. The molecule has 3 nitrogen and oxygen atoms in total. The molecular formula is C19H21FN2O. The molecule has 0 aliphatic heterocycles. The van der Waals surface area contributed by atoms with Gasteiger partial charge in [0, 0.05) is 30.3 Å². The van der Waals surface area contributed by atoms with Crippen molar-refractivity contribution in [1.29, 1.82) is 0 Å². The van der Waals surface area contributed by atoms with Crippen molar-refractivity contribution in [2.75, 3.05) is 0 Å². The average Bonchev–Trinajstić information content (AvgIpc) is 3.00. The van der Waals surface area contributed by atoms with Crippen LogP contribution < -0.4 is 0 Å². The third-order valence-electron chi connectivity index (χ3n) is 4.46. The molecule has 0 amide bonds. The lowest BCUT2D eigenvalue weighted by atomic mass is 9.86. The summed E-state index contributed by atoms with van der Waals surface area (Å²) in [5.74, 6) is -0.120. The molecule has 0 unspecified atom stereocenters. The summed E-state index contributed by atoms with van der Waals surface area (Å²) in [7, 11) is 1.87. The van der Waals surface area contributed by atoms with Gasteiger partial charge < -0.3 is 4.57 Å². The van der Waals surface area contributed by atoms with E-state index in [4.69, 9.17) is 0 Å². The lowest BCUT2D eigenvalue weighted by molar-refractivity contribution is -0.119. The lowest BCUT2D eigenvalue weighted by Gasteiger charge is -2.18. The Morgan fingerprint density at radius 3 is 2.78 bits per heavy atom. The van der Waals surface area contributed by atoms with Crippen LogP contribution in [0.2, 0.25) is 0 Å². The van der Waals surface area contributed by atoms with Crippen LogP contribution in [0.25, 0.3) is 17.3 Å². The van der Waals surface area contributed by atoms with Crippen molar-refractivity contribution in [2.24, 2.45) is 13.0 Å². The largest absolute Gasteiger partial charge is 0.340 e. The van der Waals surface area contributed by atoms with E-state index in [2.05, 4.69) is 4.98 Å². The number of benzene rings is 1. The van der Waals surface area contributed by atoms with Crippen molar-refractivity contribution >= 4 is 11.9 Å². The molecule has 0 atom stereocenters. The van der Waals surface area contributed by atoms with Crippen molar-refractivity contribution < 1.29 is 9.18 Å². The Labute approximate surface area is 135 Å². The first-order chi connectivity index (χ1) is 11.1. The van der Waals surface area contributed by atoms with Crippen LogP contribution in [0.1, 0.15) is 37.7 Å². The summed E-state index contributed by atoms with van der Waals surface area (Å²) in [5.41, 5.74) is 1.84. The van der Waals surface area contributed by atoms with E-state index in [0.29, 0.717) is 16.8 Å². The molecule has 1 aromatic heterocycles. The number of carbonyl (C=O) groups is 1. The fourth-order valence-electron chi connectivity index (χ4n) is 3.17. The molecule has 3 rings (SSSR count). The van der Waals surface area contributed by atoms with Crippen LogP contribution in [0.4, 0.5) is 4.39 Å². The average molecular weight is 312 g/mol. The van der Waals surface area contributed by atoms with Crippen LogP contribution in [-0.4, -0.2) is 15.3 Å². The van der Waals surface area contributed by atoms with Crippen LogP contribution in [-0.2, 0) is 11.8 Å². The first-order valence-corrected chi connectivity index (χ1v) is 8.14. The Balaban J connectivity index is 1.87. The minimum Gasteiger partial charge on any atom is -0.340 e. The predicted octanol–water partition coefficient (Wildman–Crippen LogP) is 4.39. The van der Waals surface area contributed by atoms with Crippen LogP contribution in [0.5, 0.6) is 0 Å². The normalized spacial score (nSPS) is 16.1. The molecule has 0 saturated heterocycles. The van der Waals surface area contributed by atoms with Gasteiger partial charge in [-0.25, -0.2) is 9.37 Å². The number of ketones is 1. The van der Waals surface area contributed by atoms with Crippen molar-refractivity contribution in [3.05, 3.63) is 48.2 Å².